The molecule has 31 heavy (non-hydrogen) atoms. The number of phenols is 4. The van der Waals surface area contributed by atoms with Crippen LogP contribution >= 0.6 is 0 Å². The summed E-state index contributed by atoms with van der Waals surface area (Å²) in [4.78, 5) is 13.1. The number of fused-ring (bicyclic) bond motifs is 1. The van der Waals surface area contributed by atoms with Gasteiger partial charge in [0, 0.05) is 24.1 Å². The van der Waals surface area contributed by atoms with Gasteiger partial charge in [-0.2, -0.15) is 0 Å². The number of halogens is 1. The van der Waals surface area contributed by atoms with Crippen molar-refractivity contribution in [3.05, 3.63) is 76.2 Å². The van der Waals surface area contributed by atoms with E-state index in [1.807, 2.05) is 0 Å². The zero-order valence-electron chi connectivity index (χ0n) is 16.0. The number of rotatable bonds is 5. The molecule has 0 aliphatic rings. The predicted octanol–water partition coefficient (Wildman–Crippen LogP) is 4.04. The number of aromatic hydroxyl groups is 4. The van der Waals surface area contributed by atoms with Gasteiger partial charge in [0.15, 0.2) is 17.3 Å². The Morgan fingerprint density at radius 3 is 2.32 bits per heavy atom. The molecule has 0 aliphatic heterocycles. The highest BCUT2D eigenvalue weighted by atomic mass is 19.1. The molecule has 0 fully saturated rings. The molecule has 3 aromatic carbocycles. The highest BCUT2D eigenvalue weighted by Gasteiger charge is 2.21. The Morgan fingerprint density at radius 2 is 1.61 bits per heavy atom. The summed E-state index contributed by atoms with van der Waals surface area (Å²) in [6.07, 6.45) is 0.361. The Balaban J connectivity index is 1.80. The van der Waals surface area contributed by atoms with Crippen molar-refractivity contribution in [3.63, 3.8) is 0 Å². The van der Waals surface area contributed by atoms with Crippen molar-refractivity contribution in [3.8, 4) is 40.1 Å². The molecule has 0 radical (unpaired) electrons. The Hall–Kier alpha value is -4.20. The molecule has 158 valence electrons. The lowest BCUT2D eigenvalue weighted by Crippen LogP contribution is -2.12. The van der Waals surface area contributed by atoms with Gasteiger partial charge in [-0.05, 0) is 35.9 Å². The number of benzene rings is 3. The van der Waals surface area contributed by atoms with E-state index in [9.17, 15) is 29.6 Å². The van der Waals surface area contributed by atoms with Crippen LogP contribution in [-0.4, -0.2) is 27.0 Å². The molecule has 0 bridgehead atoms. The zero-order chi connectivity index (χ0) is 22.1. The Morgan fingerprint density at radius 1 is 0.871 bits per heavy atom. The third-order valence-corrected chi connectivity index (χ3v) is 4.71. The van der Waals surface area contributed by atoms with E-state index in [1.54, 1.807) is 12.1 Å². The van der Waals surface area contributed by atoms with Crippen LogP contribution in [0.5, 0.6) is 28.7 Å². The van der Waals surface area contributed by atoms with Crippen molar-refractivity contribution in [2.45, 2.75) is 6.42 Å². The number of hydrogen-bond acceptors (Lipinski definition) is 7. The summed E-state index contributed by atoms with van der Waals surface area (Å²) in [6.45, 7) is 0.0395. The van der Waals surface area contributed by atoms with Gasteiger partial charge in [0.25, 0.3) is 0 Å². The van der Waals surface area contributed by atoms with Crippen LogP contribution in [-0.2, 0) is 6.42 Å². The van der Waals surface area contributed by atoms with Gasteiger partial charge in [-0.3, -0.25) is 4.79 Å². The summed E-state index contributed by atoms with van der Waals surface area (Å²) >= 11 is 0. The molecule has 0 aliphatic carbocycles. The van der Waals surface area contributed by atoms with Crippen molar-refractivity contribution in [2.24, 2.45) is 0 Å². The summed E-state index contributed by atoms with van der Waals surface area (Å²) in [7, 11) is 0. The molecule has 4 rings (SSSR count). The van der Waals surface area contributed by atoms with Crippen molar-refractivity contribution in [2.75, 3.05) is 6.61 Å². The Bertz CT molecular complexity index is 1330. The van der Waals surface area contributed by atoms with Crippen LogP contribution in [0.3, 0.4) is 0 Å². The normalized spacial score (nSPS) is 11.0. The van der Waals surface area contributed by atoms with Crippen molar-refractivity contribution >= 4 is 11.0 Å². The predicted molar refractivity (Wildman–Crippen MR) is 110 cm³/mol. The second-order valence-electron chi connectivity index (χ2n) is 6.86. The molecule has 0 saturated carbocycles. The van der Waals surface area contributed by atoms with E-state index < -0.39 is 16.9 Å². The van der Waals surface area contributed by atoms with E-state index in [0.717, 1.165) is 11.6 Å². The molecule has 0 amide bonds. The molecular formula is C23H17FO7. The van der Waals surface area contributed by atoms with Crippen molar-refractivity contribution in [1.29, 1.82) is 0 Å². The average Bonchev–Trinajstić information content (AvgIpc) is 2.72. The standard InChI is InChI=1S/C23H17FO7/c24-14-4-1-12(2-5-14)7-8-30-23-21(29)20-18(28)10-15(25)11-19(20)31-22(23)13-3-6-16(26)17(27)9-13/h1-6,9-11,25-28H,7-8H2. The number of hydrogen-bond donors (Lipinski definition) is 4. The van der Waals surface area contributed by atoms with E-state index in [1.165, 1.54) is 36.4 Å². The van der Waals surface area contributed by atoms with Crippen LogP contribution in [0, 0.1) is 5.82 Å². The lowest BCUT2D eigenvalue weighted by Gasteiger charge is -2.13. The van der Waals surface area contributed by atoms with Crippen molar-refractivity contribution in [1.82, 2.24) is 0 Å². The lowest BCUT2D eigenvalue weighted by molar-refractivity contribution is 0.312. The van der Waals surface area contributed by atoms with Gasteiger partial charge in [-0.1, -0.05) is 12.1 Å². The van der Waals surface area contributed by atoms with Gasteiger partial charge in [0.2, 0.25) is 11.2 Å². The first-order chi connectivity index (χ1) is 14.8. The summed E-state index contributed by atoms with van der Waals surface area (Å²) in [5.41, 5.74) is 0.244. The quantitative estimate of drug-likeness (QED) is 0.357. The van der Waals surface area contributed by atoms with Gasteiger partial charge in [0.05, 0.1) is 6.61 Å². The van der Waals surface area contributed by atoms with Gasteiger partial charge in [-0.15, -0.1) is 0 Å². The smallest absolute Gasteiger partial charge is 0.239 e. The molecule has 0 spiro atoms. The molecule has 4 aromatic rings. The first-order valence-electron chi connectivity index (χ1n) is 9.26. The van der Waals surface area contributed by atoms with Crippen molar-refractivity contribution < 1.29 is 34.0 Å². The third-order valence-electron chi connectivity index (χ3n) is 4.71. The summed E-state index contributed by atoms with van der Waals surface area (Å²) < 4.78 is 24.5. The molecule has 8 heteroatoms. The van der Waals surface area contributed by atoms with Gasteiger partial charge in [-0.25, -0.2) is 4.39 Å². The molecule has 7 nitrogen and oxygen atoms in total. The monoisotopic (exact) mass is 424 g/mol. The van der Waals surface area contributed by atoms with Gasteiger partial charge >= 0.3 is 0 Å². The zero-order valence-corrected chi connectivity index (χ0v) is 16.0. The summed E-state index contributed by atoms with van der Waals surface area (Å²) in [5, 5.41) is 39.1. The van der Waals surface area contributed by atoms with Gasteiger partial charge in [0.1, 0.15) is 28.3 Å². The maximum absolute atomic E-state index is 13.1. The van der Waals surface area contributed by atoms with Crippen LogP contribution in [0.15, 0.2) is 63.8 Å². The fourth-order valence-electron chi connectivity index (χ4n) is 3.18. The first kappa shape index (κ1) is 20.1. The third kappa shape index (κ3) is 3.95. The van der Waals surface area contributed by atoms with Crippen LogP contribution < -0.4 is 10.2 Å². The largest absolute Gasteiger partial charge is 0.508 e. The van der Waals surface area contributed by atoms with Crippen LogP contribution in [0.25, 0.3) is 22.3 Å². The van der Waals surface area contributed by atoms with Crippen LogP contribution in [0.2, 0.25) is 0 Å². The molecule has 0 atom stereocenters. The minimum Gasteiger partial charge on any atom is -0.508 e. The molecule has 1 heterocycles. The second-order valence-corrected chi connectivity index (χ2v) is 6.86. The SMILES string of the molecule is O=c1c(OCCc2ccc(F)cc2)c(-c2ccc(O)c(O)c2)oc2cc(O)cc(O)c12. The Kier molecular flexibility index (Phi) is 5.12. The summed E-state index contributed by atoms with van der Waals surface area (Å²) in [5.74, 6) is -2.23. The highest BCUT2D eigenvalue weighted by Crippen LogP contribution is 2.38. The van der Waals surface area contributed by atoms with Crippen LogP contribution in [0.1, 0.15) is 5.56 Å². The molecule has 0 saturated heterocycles. The van der Waals surface area contributed by atoms with Crippen LogP contribution in [0.4, 0.5) is 4.39 Å². The van der Waals surface area contributed by atoms with Gasteiger partial charge < -0.3 is 29.6 Å². The minimum atomic E-state index is -0.680. The maximum Gasteiger partial charge on any atom is 0.239 e. The average molecular weight is 424 g/mol. The summed E-state index contributed by atoms with van der Waals surface area (Å²) in [6, 6.07) is 11.8. The molecule has 4 N–H and O–H groups in total. The van der Waals surface area contributed by atoms with E-state index in [4.69, 9.17) is 9.15 Å². The molecular weight excluding hydrogens is 407 g/mol. The molecule has 0 unspecified atom stereocenters. The van der Waals surface area contributed by atoms with E-state index >= 15 is 0 Å². The second kappa shape index (κ2) is 7.91. The minimum absolute atomic E-state index is 0.0395. The fourth-order valence-corrected chi connectivity index (χ4v) is 3.18. The lowest BCUT2D eigenvalue weighted by atomic mass is 10.1. The molecule has 1 aromatic heterocycles. The number of ether oxygens (including phenoxy) is 1. The first-order valence-corrected chi connectivity index (χ1v) is 9.26. The van der Waals surface area contributed by atoms with E-state index in [-0.39, 0.29) is 52.0 Å². The fraction of sp³-hybridized carbons (Fsp3) is 0.0870. The Labute approximate surface area is 174 Å². The number of phenolic OH excluding ortho intramolecular Hbond substituents is 4. The van der Waals surface area contributed by atoms with E-state index in [0.29, 0.717) is 6.42 Å². The maximum atomic E-state index is 13.1. The van der Waals surface area contributed by atoms with E-state index in [2.05, 4.69) is 0 Å². The highest BCUT2D eigenvalue weighted by molar-refractivity contribution is 5.88. The topological polar surface area (TPSA) is 120 Å².